The highest BCUT2D eigenvalue weighted by Crippen LogP contribution is 2.47. The molecule has 0 radical (unpaired) electrons. The summed E-state index contributed by atoms with van der Waals surface area (Å²) in [7, 11) is 0. The lowest BCUT2D eigenvalue weighted by Crippen LogP contribution is -2.40. The Morgan fingerprint density at radius 3 is 2.56 bits per heavy atom. The van der Waals surface area contributed by atoms with Gasteiger partial charge < -0.3 is 19.7 Å². The van der Waals surface area contributed by atoms with Gasteiger partial charge in [-0.05, 0) is 50.5 Å². The quantitative estimate of drug-likeness (QED) is 0.238. The molecule has 2 unspecified atom stereocenters. The topological polar surface area (TPSA) is 110 Å². The molecule has 2 aliphatic heterocycles. The van der Waals surface area contributed by atoms with Gasteiger partial charge in [-0.15, -0.1) is 0 Å². The first-order valence-electron chi connectivity index (χ1n) is 11.3. The minimum Gasteiger partial charge on any atom is -0.507 e. The predicted octanol–water partition coefficient (Wildman–Crippen LogP) is 4.24. The molecule has 3 aliphatic rings. The van der Waals surface area contributed by atoms with E-state index in [0.717, 1.165) is 18.1 Å². The Balaban J connectivity index is 1.98. The van der Waals surface area contributed by atoms with Crippen LogP contribution >= 0.6 is 0 Å². The lowest BCUT2D eigenvalue weighted by atomic mass is 9.76. The summed E-state index contributed by atoms with van der Waals surface area (Å²) in [5.74, 6) is -1.66. The average Bonchev–Trinajstić information content (AvgIpc) is 3.03. The fraction of sp³-hybridized carbons (Fsp3) is 0.370. The monoisotopic (exact) mass is 466 g/mol. The van der Waals surface area contributed by atoms with Crippen LogP contribution in [0.5, 0.6) is 0 Å². The molecule has 2 heterocycles. The standard InChI is InChI=1S/C27H30O7/c1-6-15(2)9-16(3)7-8-19(29)13-22(30)24-25-21-14-33-20(10-17(4)28)11-18(21)12-23(31)27(25,5)34-26(24)32/h7-9,11-15,17,28,30H,6,10H2,1-5H3/b8-7+,16-9+,22-13+/t15?,17?,27-/m0/s1. The number of allylic oxidation sites excluding steroid dienone is 7. The maximum absolute atomic E-state index is 12.9. The second kappa shape index (κ2) is 9.81. The molecule has 2 N–H and O–H groups in total. The summed E-state index contributed by atoms with van der Waals surface area (Å²) in [5, 5.41) is 20.4. The first kappa shape index (κ1) is 25.2. The number of hydrogen-bond acceptors (Lipinski definition) is 7. The molecule has 0 spiro atoms. The molecule has 1 aliphatic carbocycles. The number of hydrogen-bond donors (Lipinski definition) is 2. The van der Waals surface area contributed by atoms with E-state index in [2.05, 4.69) is 13.8 Å². The number of rotatable bonds is 8. The molecule has 0 aromatic rings. The van der Waals surface area contributed by atoms with Crippen LogP contribution in [0.4, 0.5) is 0 Å². The number of fused-ring (bicyclic) bond motifs is 3. The second-order valence-corrected chi connectivity index (χ2v) is 9.01. The Morgan fingerprint density at radius 1 is 1.21 bits per heavy atom. The lowest BCUT2D eigenvalue weighted by Gasteiger charge is -2.31. The Kier molecular flexibility index (Phi) is 7.26. The van der Waals surface area contributed by atoms with Crippen LogP contribution in [0.25, 0.3) is 0 Å². The third-order valence-corrected chi connectivity index (χ3v) is 5.94. The Morgan fingerprint density at radius 2 is 1.91 bits per heavy atom. The summed E-state index contributed by atoms with van der Waals surface area (Å²) < 4.78 is 11.0. The van der Waals surface area contributed by atoms with Gasteiger partial charge in [-0.3, -0.25) is 9.59 Å². The summed E-state index contributed by atoms with van der Waals surface area (Å²) in [6.45, 7) is 9.07. The van der Waals surface area contributed by atoms with Gasteiger partial charge >= 0.3 is 5.97 Å². The Labute approximate surface area is 199 Å². The summed E-state index contributed by atoms with van der Waals surface area (Å²) in [4.78, 5) is 38.0. The van der Waals surface area contributed by atoms with Crippen LogP contribution in [0, 0.1) is 5.92 Å². The molecule has 7 heteroatoms. The van der Waals surface area contributed by atoms with Gasteiger partial charge in [0, 0.05) is 23.6 Å². The molecule has 0 amide bonds. The van der Waals surface area contributed by atoms with Gasteiger partial charge in [-0.1, -0.05) is 38.0 Å². The normalized spacial score (nSPS) is 24.6. The summed E-state index contributed by atoms with van der Waals surface area (Å²) in [5.41, 5.74) is 0.0230. The molecule has 180 valence electrons. The van der Waals surface area contributed by atoms with Crippen molar-refractivity contribution < 1.29 is 34.1 Å². The Bertz CT molecular complexity index is 1140. The zero-order valence-corrected chi connectivity index (χ0v) is 20.0. The van der Waals surface area contributed by atoms with Crippen LogP contribution < -0.4 is 0 Å². The van der Waals surface area contributed by atoms with E-state index in [0.29, 0.717) is 22.8 Å². The third kappa shape index (κ3) is 5.04. The van der Waals surface area contributed by atoms with Crippen molar-refractivity contribution in [2.45, 2.75) is 59.2 Å². The second-order valence-electron chi connectivity index (χ2n) is 9.01. The molecule has 34 heavy (non-hydrogen) atoms. The van der Waals surface area contributed by atoms with E-state index < -0.39 is 35.0 Å². The van der Waals surface area contributed by atoms with Crippen LogP contribution in [-0.2, 0) is 23.9 Å². The van der Waals surface area contributed by atoms with Gasteiger partial charge in [-0.25, -0.2) is 4.79 Å². The molecule has 0 aromatic heterocycles. The van der Waals surface area contributed by atoms with Crippen molar-refractivity contribution in [3.63, 3.8) is 0 Å². The van der Waals surface area contributed by atoms with Crippen molar-refractivity contribution in [3.8, 4) is 0 Å². The fourth-order valence-electron chi connectivity index (χ4n) is 4.00. The number of ether oxygens (including phenoxy) is 2. The highest BCUT2D eigenvalue weighted by molar-refractivity contribution is 6.13. The van der Waals surface area contributed by atoms with Crippen molar-refractivity contribution in [2.75, 3.05) is 0 Å². The molecule has 3 rings (SSSR count). The summed E-state index contributed by atoms with van der Waals surface area (Å²) >= 11 is 0. The van der Waals surface area contributed by atoms with Gasteiger partial charge in [0.05, 0.1) is 12.4 Å². The lowest BCUT2D eigenvalue weighted by molar-refractivity contribution is -0.152. The third-order valence-electron chi connectivity index (χ3n) is 5.94. The zero-order valence-electron chi connectivity index (χ0n) is 20.0. The fourth-order valence-corrected chi connectivity index (χ4v) is 4.00. The van der Waals surface area contributed by atoms with Crippen LogP contribution in [0.15, 0.2) is 82.1 Å². The molecule has 0 aromatic carbocycles. The van der Waals surface area contributed by atoms with Gasteiger partial charge in [0.1, 0.15) is 17.1 Å². The Hall–Kier alpha value is -3.45. The van der Waals surface area contributed by atoms with E-state index in [1.807, 2.05) is 13.0 Å². The average molecular weight is 467 g/mol. The first-order valence-corrected chi connectivity index (χ1v) is 11.3. The largest absolute Gasteiger partial charge is 0.507 e. The van der Waals surface area contributed by atoms with Crippen molar-refractivity contribution >= 4 is 17.5 Å². The number of carbonyl (C=O) groups is 3. The van der Waals surface area contributed by atoms with Gasteiger partial charge in [-0.2, -0.15) is 0 Å². The van der Waals surface area contributed by atoms with E-state index in [4.69, 9.17) is 9.47 Å². The minimum atomic E-state index is -1.64. The van der Waals surface area contributed by atoms with Crippen molar-refractivity contribution in [3.05, 3.63) is 82.1 Å². The first-order chi connectivity index (χ1) is 16.0. The molecule has 3 atom stereocenters. The van der Waals surface area contributed by atoms with Gasteiger partial charge in [0.2, 0.25) is 5.78 Å². The van der Waals surface area contributed by atoms with Gasteiger partial charge in [0.15, 0.2) is 11.4 Å². The van der Waals surface area contributed by atoms with Crippen molar-refractivity contribution in [2.24, 2.45) is 5.92 Å². The van der Waals surface area contributed by atoms with E-state index in [1.165, 1.54) is 25.3 Å². The van der Waals surface area contributed by atoms with Crippen LogP contribution in [0.1, 0.15) is 47.5 Å². The molecule has 0 saturated carbocycles. The number of aliphatic hydroxyl groups excluding tert-OH is 2. The van der Waals surface area contributed by atoms with Crippen LogP contribution in [-0.4, -0.2) is 39.5 Å². The maximum atomic E-state index is 12.9. The van der Waals surface area contributed by atoms with E-state index in [9.17, 15) is 24.6 Å². The maximum Gasteiger partial charge on any atom is 0.343 e. The number of carbonyl (C=O) groups excluding carboxylic acids is 3. The van der Waals surface area contributed by atoms with Crippen LogP contribution in [0.3, 0.4) is 0 Å². The van der Waals surface area contributed by atoms with Crippen molar-refractivity contribution in [1.29, 1.82) is 0 Å². The van der Waals surface area contributed by atoms with E-state index in [1.54, 1.807) is 19.1 Å². The highest BCUT2D eigenvalue weighted by atomic mass is 16.6. The molecule has 7 nitrogen and oxygen atoms in total. The van der Waals surface area contributed by atoms with Crippen molar-refractivity contribution in [1.82, 2.24) is 0 Å². The molecule has 0 fully saturated rings. The molecular formula is C27H30O7. The molecular weight excluding hydrogens is 436 g/mol. The zero-order chi connectivity index (χ0) is 25.2. The number of esters is 1. The minimum absolute atomic E-state index is 0.144. The van der Waals surface area contributed by atoms with Crippen LogP contribution in [0.2, 0.25) is 0 Å². The summed E-state index contributed by atoms with van der Waals surface area (Å²) in [6, 6.07) is 0. The van der Waals surface area contributed by atoms with Gasteiger partial charge in [0.25, 0.3) is 0 Å². The number of ketones is 2. The SMILES string of the molecule is CCC(C)/C=C(C)/C=C/C(=O)/C=C(/O)C1=C2C3=COC(CC(C)O)=CC3=CC(=O)[C@]2(C)OC1=O. The van der Waals surface area contributed by atoms with E-state index >= 15 is 0 Å². The summed E-state index contributed by atoms with van der Waals surface area (Å²) in [6.07, 6.45) is 10.8. The predicted molar refractivity (Wildman–Crippen MR) is 126 cm³/mol. The number of aliphatic hydroxyl groups is 2. The smallest absolute Gasteiger partial charge is 0.343 e. The molecule has 0 saturated heterocycles. The molecule has 0 bridgehead atoms. The van der Waals surface area contributed by atoms with E-state index in [-0.39, 0.29) is 17.6 Å². The highest BCUT2D eigenvalue weighted by Gasteiger charge is 2.54.